The van der Waals surface area contributed by atoms with Gasteiger partial charge in [0.1, 0.15) is 10.6 Å². The lowest BCUT2D eigenvalue weighted by molar-refractivity contribution is 0.100. The highest BCUT2D eigenvalue weighted by molar-refractivity contribution is 7.11. The van der Waals surface area contributed by atoms with Gasteiger partial charge in [-0.3, -0.25) is 4.79 Å². The summed E-state index contributed by atoms with van der Waals surface area (Å²) >= 11 is 1.30. The van der Waals surface area contributed by atoms with Gasteiger partial charge in [-0.2, -0.15) is 4.37 Å². The molecule has 1 amide bonds. The summed E-state index contributed by atoms with van der Waals surface area (Å²) in [7, 11) is 0. The number of hydrogen-bond donors (Lipinski definition) is 2. The van der Waals surface area contributed by atoms with Crippen molar-refractivity contribution in [3.8, 4) is 0 Å². The Morgan fingerprint density at radius 3 is 2.28 bits per heavy atom. The molecule has 2 fully saturated rings. The van der Waals surface area contributed by atoms with Crippen molar-refractivity contribution in [1.29, 1.82) is 0 Å². The summed E-state index contributed by atoms with van der Waals surface area (Å²) in [4.78, 5) is 13.8. The van der Waals surface area contributed by atoms with Crippen LogP contribution in [0.25, 0.3) is 0 Å². The number of amides is 1. The topological polar surface area (TPSA) is 85.2 Å². The summed E-state index contributed by atoms with van der Waals surface area (Å²) in [6.45, 7) is 2.02. The number of nitrogen functional groups attached to an aromatic ring is 1. The van der Waals surface area contributed by atoms with Gasteiger partial charge in [0.15, 0.2) is 5.82 Å². The van der Waals surface area contributed by atoms with Crippen molar-refractivity contribution in [3.05, 3.63) is 5.56 Å². The number of anilines is 2. The molecule has 2 aliphatic rings. The second-order valence-corrected chi connectivity index (χ2v) is 6.16. The van der Waals surface area contributed by atoms with Gasteiger partial charge in [0.2, 0.25) is 0 Å². The Kier molecular flexibility index (Phi) is 2.89. The molecule has 2 saturated carbocycles. The first-order chi connectivity index (χ1) is 8.65. The van der Waals surface area contributed by atoms with E-state index in [0.29, 0.717) is 5.56 Å². The Balaban J connectivity index is 1.84. The minimum absolute atomic E-state index is 0.277. The van der Waals surface area contributed by atoms with Crippen LogP contribution >= 0.6 is 11.5 Å². The minimum Gasteiger partial charge on any atom is -0.382 e. The van der Waals surface area contributed by atoms with Gasteiger partial charge in [-0.05, 0) is 49.1 Å². The fourth-order valence-electron chi connectivity index (χ4n) is 2.21. The van der Waals surface area contributed by atoms with Crippen LogP contribution in [-0.2, 0) is 0 Å². The second kappa shape index (κ2) is 4.42. The molecule has 98 valence electrons. The fourth-order valence-corrected chi connectivity index (χ4v) is 3.04. The molecule has 0 atom stereocenters. The number of nitrogens with two attached hydrogens (primary N) is 2. The molecule has 0 spiro atoms. The van der Waals surface area contributed by atoms with Crippen LogP contribution < -0.4 is 16.4 Å². The normalized spacial score (nSPS) is 18.9. The number of rotatable bonds is 6. The predicted octanol–water partition coefficient (Wildman–Crippen LogP) is 1.45. The van der Waals surface area contributed by atoms with E-state index >= 15 is 0 Å². The third-order valence-electron chi connectivity index (χ3n) is 3.59. The molecule has 0 unspecified atom stereocenters. The quantitative estimate of drug-likeness (QED) is 0.816. The van der Waals surface area contributed by atoms with Crippen LogP contribution in [0.5, 0.6) is 0 Å². The molecule has 18 heavy (non-hydrogen) atoms. The van der Waals surface area contributed by atoms with Crippen LogP contribution in [0.2, 0.25) is 0 Å². The average molecular weight is 266 g/mol. The zero-order chi connectivity index (χ0) is 12.7. The molecule has 1 aromatic rings. The lowest BCUT2D eigenvalue weighted by Crippen LogP contribution is -2.29. The van der Waals surface area contributed by atoms with Gasteiger partial charge in [-0.15, -0.1) is 0 Å². The Morgan fingerprint density at radius 1 is 1.28 bits per heavy atom. The van der Waals surface area contributed by atoms with E-state index in [1.165, 1.54) is 37.2 Å². The minimum atomic E-state index is -0.465. The number of aromatic nitrogens is 1. The van der Waals surface area contributed by atoms with Crippen molar-refractivity contribution in [3.63, 3.8) is 0 Å². The maximum absolute atomic E-state index is 11.5. The van der Waals surface area contributed by atoms with Gasteiger partial charge < -0.3 is 16.4 Å². The van der Waals surface area contributed by atoms with Crippen LogP contribution in [0, 0.1) is 11.8 Å². The van der Waals surface area contributed by atoms with Gasteiger partial charge in [0.05, 0.1) is 0 Å². The lowest BCUT2D eigenvalue weighted by atomic mass is 10.2. The molecule has 0 aromatic carbocycles. The summed E-state index contributed by atoms with van der Waals surface area (Å²) in [6.07, 6.45) is 5.17. The number of primary amides is 1. The standard InChI is InChI=1S/C12H18N4OS/c13-10-9(11(14)17)12(18-15-10)16(5-7-1-2-7)6-8-3-4-8/h7-8H,1-6H2,(H2,13,15)(H2,14,17). The van der Waals surface area contributed by atoms with Crippen molar-refractivity contribution < 1.29 is 4.79 Å². The van der Waals surface area contributed by atoms with Crippen LogP contribution in [0.3, 0.4) is 0 Å². The molecule has 6 heteroatoms. The first kappa shape index (κ1) is 11.8. The molecule has 1 heterocycles. The van der Waals surface area contributed by atoms with E-state index in [0.717, 1.165) is 29.9 Å². The molecular formula is C12H18N4OS. The second-order valence-electron chi connectivity index (χ2n) is 5.40. The van der Waals surface area contributed by atoms with Crippen molar-refractivity contribution >= 4 is 28.3 Å². The SMILES string of the molecule is NC(=O)c1c(N)nsc1N(CC1CC1)CC1CC1. The Labute approximate surface area is 110 Å². The highest BCUT2D eigenvalue weighted by Crippen LogP contribution is 2.39. The van der Waals surface area contributed by atoms with Crippen LogP contribution in [0.4, 0.5) is 10.8 Å². The lowest BCUT2D eigenvalue weighted by Gasteiger charge is -2.23. The predicted molar refractivity (Wildman–Crippen MR) is 72.7 cm³/mol. The molecule has 0 radical (unpaired) electrons. The number of hydrogen-bond acceptors (Lipinski definition) is 5. The zero-order valence-corrected chi connectivity index (χ0v) is 11.1. The van der Waals surface area contributed by atoms with Gasteiger partial charge >= 0.3 is 0 Å². The summed E-state index contributed by atoms with van der Waals surface area (Å²) in [6, 6.07) is 0. The van der Waals surface area contributed by atoms with E-state index in [9.17, 15) is 4.79 Å². The summed E-state index contributed by atoms with van der Waals surface area (Å²) in [5, 5.41) is 0.874. The van der Waals surface area contributed by atoms with E-state index < -0.39 is 5.91 Å². The molecule has 4 N–H and O–H groups in total. The van der Waals surface area contributed by atoms with Gasteiger partial charge in [0, 0.05) is 13.1 Å². The van der Waals surface area contributed by atoms with Gasteiger partial charge in [0.25, 0.3) is 5.91 Å². The number of nitrogens with zero attached hydrogens (tertiary/aromatic N) is 2. The maximum Gasteiger partial charge on any atom is 0.255 e. The Bertz CT molecular complexity index is 451. The van der Waals surface area contributed by atoms with E-state index in [1.54, 1.807) is 0 Å². The molecule has 3 rings (SSSR count). The molecule has 2 aliphatic carbocycles. The summed E-state index contributed by atoms with van der Waals surface area (Å²) in [5.41, 5.74) is 11.6. The van der Waals surface area contributed by atoms with Gasteiger partial charge in [-0.1, -0.05) is 0 Å². The first-order valence-electron chi connectivity index (χ1n) is 6.45. The average Bonchev–Trinajstić information content (AvgIpc) is 3.21. The summed E-state index contributed by atoms with van der Waals surface area (Å²) in [5.74, 6) is 1.35. The smallest absolute Gasteiger partial charge is 0.255 e. The third-order valence-corrected chi connectivity index (χ3v) is 4.51. The number of carbonyl (C=O) groups is 1. The van der Waals surface area contributed by atoms with Crippen molar-refractivity contribution in [1.82, 2.24) is 4.37 Å². The number of carbonyl (C=O) groups excluding carboxylic acids is 1. The van der Waals surface area contributed by atoms with Crippen molar-refractivity contribution in [2.24, 2.45) is 17.6 Å². The van der Waals surface area contributed by atoms with Gasteiger partial charge in [-0.25, -0.2) is 0 Å². The fraction of sp³-hybridized carbons (Fsp3) is 0.667. The first-order valence-corrected chi connectivity index (χ1v) is 7.22. The molecule has 5 nitrogen and oxygen atoms in total. The Morgan fingerprint density at radius 2 is 1.83 bits per heavy atom. The van der Waals surface area contributed by atoms with Crippen LogP contribution in [0.1, 0.15) is 36.0 Å². The van der Waals surface area contributed by atoms with E-state index in [4.69, 9.17) is 11.5 Å². The molecular weight excluding hydrogens is 248 g/mol. The molecule has 0 saturated heterocycles. The highest BCUT2D eigenvalue weighted by Gasteiger charge is 2.32. The third kappa shape index (κ3) is 2.43. The Hall–Kier alpha value is -1.30. The van der Waals surface area contributed by atoms with E-state index in [2.05, 4.69) is 9.27 Å². The maximum atomic E-state index is 11.5. The molecule has 0 aliphatic heterocycles. The monoisotopic (exact) mass is 266 g/mol. The van der Waals surface area contributed by atoms with Crippen molar-refractivity contribution in [2.45, 2.75) is 25.7 Å². The summed E-state index contributed by atoms with van der Waals surface area (Å²) < 4.78 is 4.09. The van der Waals surface area contributed by atoms with E-state index in [1.807, 2.05) is 0 Å². The molecule has 1 aromatic heterocycles. The largest absolute Gasteiger partial charge is 0.382 e. The molecule has 0 bridgehead atoms. The van der Waals surface area contributed by atoms with Crippen LogP contribution in [0.15, 0.2) is 0 Å². The zero-order valence-electron chi connectivity index (χ0n) is 10.3. The van der Waals surface area contributed by atoms with Crippen LogP contribution in [-0.4, -0.2) is 23.4 Å². The van der Waals surface area contributed by atoms with E-state index in [-0.39, 0.29) is 5.82 Å². The highest BCUT2D eigenvalue weighted by atomic mass is 32.1. The van der Waals surface area contributed by atoms with Crippen molar-refractivity contribution in [2.75, 3.05) is 23.7 Å².